The Bertz CT molecular complexity index is 962. The van der Waals surface area contributed by atoms with E-state index in [4.69, 9.17) is 18.9 Å². The zero-order valence-electron chi connectivity index (χ0n) is 17.1. The van der Waals surface area contributed by atoms with Crippen LogP contribution in [0.15, 0.2) is 11.1 Å². The molecule has 9 nitrogen and oxygen atoms in total. The number of carbonyl (C=O) groups excluding carboxylic acids is 3. The second-order valence-electron chi connectivity index (χ2n) is 10.7. The highest BCUT2D eigenvalue weighted by molar-refractivity contribution is 6.00. The van der Waals surface area contributed by atoms with Crippen molar-refractivity contribution in [1.29, 1.82) is 0 Å². The van der Waals surface area contributed by atoms with E-state index in [0.29, 0.717) is 12.8 Å². The quantitative estimate of drug-likeness (QED) is 0.444. The Balaban J connectivity index is 1.67. The highest BCUT2D eigenvalue weighted by Gasteiger charge is 2.98. The van der Waals surface area contributed by atoms with Crippen molar-refractivity contribution in [2.45, 2.75) is 76.8 Å². The molecule has 7 unspecified atom stereocenters. The minimum absolute atomic E-state index is 0.180. The second kappa shape index (κ2) is 4.92. The van der Waals surface area contributed by atoms with Crippen LogP contribution in [0.4, 0.5) is 0 Å². The van der Waals surface area contributed by atoms with Crippen molar-refractivity contribution in [2.24, 2.45) is 22.2 Å². The lowest BCUT2D eigenvalue weighted by Crippen LogP contribution is -2.61. The summed E-state index contributed by atoms with van der Waals surface area (Å²) in [7, 11) is 0. The smallest absolute Gasteiger partial charge is 0.344 e. The molecule has 30 heavy (non-hydrogen) atoms. The van der Waals surface area contributed by atoms with Crippen molar-refractivity contribution in [3.63, 3.8) is 0 Å². The highest BCUT2D eigenvalue weighted by atomic mass is 16.7. The third kappa shape index (κ3) is 1.51. The van der Waals surface area contributed by atoms with Crippen LogP contribution in [-0.4, -0.2) is 64.4 Å². The first-order valence-corrected chi connectivity index (χ1v) is 10.3. The number of fused-ring (bicyclic) bond motifs is 1. The summed E-state index contributed by atoms with van der Waals surface area (Å²) in [6, 6.07) is 0. The van der Waals surface area contributed by atoms with Gasteiger partial charge >= 0.3 is 17.9 Å². The second-order valence-corrected chi connectivity index (χ2v) is 10.7. The van der Waals surface area contributed by atoms with E-state index in [1.165, 1.54) is 6.92 Å². The van der Waals surface area contributed by atoms with Crippen molar-refractivity contribution in [3.8, 4) is 0 Å². The summed E-state index contributed by atoms with van der Waals surface area (Å²) >= 11 is 0. The molecule has 9 heteroatoms. The Hall–Kier alpha value is -1.97. The number of esters is 3. The number of aliphatic hydroxyl groups excluding tert-OH is 2. The van der Waals surface area contributed by atoms with Crippen LogP contribution in [0.25, 0.3) is 0 Å². The van der Waals surface area contributed by atoms with Gasteiger partial charge in [0, 0.05) is 11.1 Å². The van der Waals surface area contributed by atoms with Gasteiger partial charge in [-0.15, -0.1) is 0 Å². The molecule has 0 aromatic carbocycles. The lowest BCUT2D eigenvalue weighted by molar-refractivity contribution is -0.191. The van der Waals surface area contributed by atoms with Gasteiger partial charge in [0.2, 0.25) is 11.9 Å². The van der Waals surface area contributed by atoms with Gasteiger partial charge in [-0.3, -0.25) is 0 Å². The lowest BCUT2D eigenvalue weighted by atomic mass is 9.53. The summed E-state index contributed by atoms with van der Waals surface area (Å²) in [5.74, 6) is -2.53. The molecule has 0 amide bonds. The molecule has 4 aliphatic heterocycles. The van der Waals surface area contributed by atoms with Crippen molar-refractivity contribution >= 4 is 17.9 Å². The topological polar surface area (TPSA) is 129 Å². The van der Waals surface area contributed by atoms with Crippen molar-refractivity contribution in [2.75, 3.05) is 0 Å². The summed E-state index contributed by atoms with van der Waals surface area (Å²) in [6.07, 6.45) is -5.15. The average Bonchev–Trinajstić information content (AvgIpc) is 3.34. The highest BCUT2D eigenvalue weighted by Crippen LogP contribution is 2.82. The van der Waals surface area contributed by atoms with Crippen LogP contribution in [0.3, 0.4) is 0 Å². The van der Waals surface area contributed by atoms with Crippen molar-refractivity contribution < 1.29 is 43.5 Å². The summed E-state index contributed by atoms with van der Waals surface area (Å²) in [4.78, 5) is 38.1. The Morgan fingerprint density at radius 3 is 2.47 bits per heavy atom. The predicted octanol–water partition coefficient (Wildman–Crippen LogP) is -0.0301. The number of hydrogen-bond acceptors (Lipinski definition) is 9. The first-order valence-electron chi connectivity index (χ1n) is 10.3. The normalized spacial score (nSPS) is 52.8. The molecule has 2 saturated carbocycles. The molecule has 2 aliphatic carbocycles. The molecule has 4 heterocycles. The fraction of sp³-hybridized carbons (Fsp3) is 0.762. The summed E-state index contributed by atoms with van der Waals surface area (Å²) in [5, 5.41) is 22.8. The molecule has 0 bridgehead atoms. The fourth-order valence-corrected chi connectivity index (χ4v) is 7.72. The van der Waals surface area contributed by atoms with Crippen LogP contribution in [0, 0.1) is 22.2 Å². The van der Waals surface area contributed by atoms with E-state index in [2.05, 4.69) is 0 Å². The van der Waals surface area contributed by atoms with E-state index in [-0.39, 0.29) is 22.5 Å². The average molecular weight is 420 g/mol. The van der Waals surface area contributed by atoms with E-state index >= 15 is 0 Å². The van der Waals surface area contributed by atoms with Crippen molar-refractivity contribution in [1.82, 2.24) is 0 Å². The maximum Gasteiger partial charge on any atom is 0.344 e. The molecule has 0 aromatic heterocycles. The van der Waals surface area contributed by atoms with Gasteiger partial charge in [-0.2, -0.15) is 0 Å². The SMILES string of the molecule is CC1=C2C(OC1=O)[C@@H](O)[C@]13C4CC(CC(C)(C)C)C15C(OC(=O)C5O)OC23C(=O)O4. The molecule has 9 atom stereocenters. The summed E-state index contributed by atoms with van der Waals surface area (Å²) in [6.45, 7) is 7.64. The van der Waals surface area contributed by atoms with Gasteiger partial charge in [0.25, 0.3) is 0 Å². The van der Waals surface area contributed by atoms with E-state index in [1.54, 1.807) is 0 Å². The van der Waals surface area contributed by atoms with Gasteiger partial charge < -0.3 is 29.2 Å². The standard InChI is InChI=1S/C21H24O9/c1-7-10-11(28-14(7)24)12(22)20-9-5-8(6-18(2,3)4)19(20)13(23)15(25)29-17(19)30-21(10,20)16(26)27-9/h8-9,11-13,17,22-23H,5-6H2,1-4H3/t8?,9?,11?,12-,13?,17?,19?,20-,21?/m1/s1. The number of aliphatic hydroxyl groups is 2. The van der Waals surface area contributed by atoms with Gasteiger partial charge in [-0.25, -0.2) is 14.4 Å². The van der Waals surface area contributed by atoms with Gasteiger partial charge in [0.15, 0.2) is 12.2 Å². The van der Waals surface area contributed by atoms with Crippen LogP contribution >= 0.6 is 0 Å². The Morgan fingerprint density at radius 2 is 1.80 bits per heavy atom. The summed E-state index contributed by atoms with van der Waals surface area (Å²) < 4.78 is 22.9. The summed E-state index contributed by atoms with van der Waals surface area (Å²) in [5.41, 5.74) is -4.45. The van der Waals surface area contributed by atoms with E-state index in [9.17, 15) is 24.6 Å². The maximum absolute atomic E-state index is 13.3. The predicted molar refractivity (Wildman–Crippen MR) is 95.2 cm³/mol. The maximum atomic E-state index is 13.3. The first kappa shape index (κ1) is 18.8. The minimum atomic E-state index is -1.82. The van der Waals surface area contributed by atoms with E-state index in [0.717, 1.165) is 0 Å². The number of hydrogen-bond donors (Lipinski definition) is 2. The molecule has 3 saturated heterocycles. The third-order valence-corrected chi connectivity index (χ3v) is 8.31. The molecule has 6 aliphatic rings. The molecule has 5 fully saturated rings. The van der Waals surface area contributed by atoms with Crippen LogP contribution in [0.2, 0.25) is 0 Å². The molecule has 0 radical (unpaired) electrons. The van der Waals surface area contributed by atoms with Crippen LogP contribution < -0.4 is 0 Å². The van der Waals surface area contributed by atoms with Crippen LogP contribution in [0.5, 0.6) is 0 Å². The number of carbonyl (C=O) groups is 3. The zero-order chi connectivity index (χ0) is 21.6. The van der Waals surface area contributed by atoms with Crippen molar-refractivity contribution in [3.05, 3.63) is 11.1 Å². The third-order valence-electron chi connectivity index (χ3n) is 8.31. The first-order chi connectivity index (χ1) is 13.9. The van der Waals surface area contributed by atoms with E-state index in [1.807, 2.05) is 20.8 Å². The largest absolute Gasteiger partial charge is 0.459 e. The van der Waals surface area contributed by atoms with Crippen LogP contribution in [-0.2, 0) is 33.3 Å². The number of rotatable bonds is 1. The fourth-order valence-electron chi connectivity index (χ4n) is 7.72. The Labute approximate surface area is 172 Å². The monoisotopic (exact) mass is 420 g/mol. The van der Waals surface area contributed by atoms with Gasteiger partial charge in [0.05, 0.1) is 10.8 Å². The van der Waals surface area contributed by atoms with Crippen LogP contribution in [0.1, 0.15) is 40.5 Å². The molecular formula is C21H24O9. The Kier molecular flexibility index (Phi) is 3.08. The molecule has 2 spiro atoms. The molecule has 0 aromatic rings. The van der Waals surface area contributed by atoms with E-state index < -0.39 is 65.0 Å². The minimum Gasteiger partial charge on any atom is -0.459 e. The molecule has 2 N–H and O–H groups in total. The molecular weight excluding hydrogens is 396 g/mol. The van der Waals surface area contributed by atoms with Gasteiger partial charge in [-0.05, 0) is 31.1 Å². The molecule has 6 rings (SSSR count). The van der Waals surface area contributed by atoms with Gasteiger partial charge in [-0.1, -0.05) is 20.8 Å². The Morgan fingerprint density at radius 1 is 1.10 bits per heavy atom. The van der Waals surface area contributed by atoms with Gasteiger partial charge in [0.1, 0.15) is 12.2 Å². The lowest BCUT2D eigenvalue weighted by Gasteiger charge is -2.44. The number of ether oxygens (including phenoxy) is 4. The molecule has 162 valence electrons. The zero-order valence-corrected chi connectivity index (χ0v) is 17.1.